The Kier molecular flexibility index (Phi) is 7.67. The van der Waals surface area contributed by atoms with Crippen LogP contribution in [0.5, 0.6) is 0 Å². The Morgan fingerprint density at radius 1 is 1.00 bits per heavy atom. The fourth-order valence-electron chi connectivity index (χ4n) is 4.15. The monoisotopic (exact) mass is 435 g/mol. The molecule has 6 nitrogen and oxygen atoms in total. The molecule has 170 valence electrons. The molecule has 6 heteroatoms. The van der Waals surface area contributed by atoms with E-state index in [-0.39, 0.29) is 18.4 Å². The van der Waals surface area contributed by atoms with Crippen molar-refractivity contribution in [3.05, 3.63) is 71.3 Å². The third kappa shape index (κ3) is 5.01. The molecule has 1 unspecified atom stereocenters. The van der Waals surface area contributed by atoms with Crippen LogP contribution in [-0.2, 0) is 21.7 Å². The largest absolute Gasteiger partial charge is 0.337 e. The lowest BCUT2D eigenvalue weighted by Gasteiger charge is -2.28. The van der Waals surface area contributed by atoms with E-state index < -0.39 is 11.6 Å². The third-order valence-corrected chi connectivity index (χ3v) is 5.98. The molecule has 1 aliphatic rings. The average molecular weight is 436 g/mol. The molecule has 3 rings (SSSR count). The Hall–Kier alpha value is -3.15. The zero-order valence-electron chi connectivity index (χ0n) is 19.3. The first-order valence-corrected chi connectivity index (χ1v) is 11.4. The second-order valence-electron chi connectivity index (χ2n) is 8.50. The van der Waals surface area contributed by atoms with Crippen LogP contribution in [0.25, 0.3) is 0 Å². The Bertz CT molecular complexity index is 943. The van der Waals surface area contributed by atoms with E-state index in [2.05, 4.69) is 12.2 Å². The van der Waals surface area contributed by atoms with Crippen LogP contribution >= 0.6 is 0 Å². The number of hydrogen-bond acceptors (Lipinski definition) is 3. The van der Waals surface area contributed by atoms with Gasteiger partial charge in [0.05, 0.1) is 0 Å². The first-order valence-electron chi connectivity index (χ1n) is 11.4. The number of carbonyl (C=O) groups excluding carboxylic acids is 3. The molecule has 0 aromatic heterocycles. The van der Waals surface area contributed by atoms with Crippen LogP contribution in [0.4, 0.5) is 4.79 Å². The molecule has 4 amide bonds. The Morgan fingerprint density at radius 3 is 2.31 bits per heavy atom. The van der Waals surface area contributed by atoms with Gasteiger partial charge in [0, 0.05) is 13.1 Å². The summed E-state index contributed by atoms with van der Waals surface area (Å²) in [6, 6.07) is 16.9. The third-order valence-electron chi connectivity index (χ3n) is 5.98. The Labute approximate surface area is 190 Å². The molecule has 2 aromatic rings. The van der Waals surface area contributed by atoms with Crippen LogP contribution in [0.2, 0.25) is 0 Å². The van der Waals surface area contributed by atoms with E-state index in [1.165, 1.54) is 0 Å². The van der Waals surface area contributed by atoms with Crippen LogP contribution in [-0.4, -0.2) is 40.7 Å². The number of unbranched alkanes of at least 4 members (excludes halogenated alkanes) is 1. The molecule has 0 spiro atoms. The zero-order chi connectivity index (χ0) is 23.1. The van der Waals surface area contributed by atoms with E-state index in [1.807, 2.05) is 68.4 Å². The summed E-state index contributed by atoms with van der Waals surface area (Å²) in [6.45, 7) is 6.85. The highest BCUT2D eigenvalue weighted by molar-refractivity contribution is 6.09. The van der Waals surface area contributed by atoms with Crippen LogP contribution in [0.15, 0.2) is 54.6 Å². The molecular weight excluding hydrogens is 402 g/mol. The average Bonchev–Trinajstić information content (AvgIpc) is 3.04. The number of aryl methyl sites for hydroxylation is 1. The summed E-state index contributed by atoms with van der Waals surface area (Å²) in [5.41, 5.74) is 1.83. The van der Waals surface area contributed by atoms with Crippen molar-refractivity contribution in [2.45, 2.75) is 58.5 Å². The number of hydrogen-bond donors (Lipinski definition) is 1. The molecule has 32 heavy (non-hydrogen) atoms. The van der Waals surface area contributed by atoms with Crippen molar-refractivity contribution in [3.63, 3.8) is 0 Å². The first-order chi connectivity index (χ1) is 15.4. The minimum absolute atomic E-state index is 0.227. The van der Waals surface area contributed by atoms with Crippen molar-refractivity contribution in [1.82, 2.24) is 15.1 Å². The smallest absolute Gasteiger partial charge is 0.325 e. The van der Waals surface area contributed by atoms with Gasteiger partial charge in [-0.25, -0.2) is 4.79 Å². The predicted octanol–water partition coefficient (Wildman–Crippen LogP) is 4.37. The summed E-state index contributed by atoms with van der Waals surface area (Å²) in [4.78, 5) is 42.4. The van der Waals surface area contributed by atoms with Crippen molar-refractivity contribution < 1.29 is 14.4 Å². The molecule has 2 aromatic carbocycles. The van der Waals surface area contributed by atoms with E-state index in [4.69, 9.17) is 0 Å². The first kappa shape index (κ1) is 23.5. The maximum atomic E-state index is 13.5. The second-order valence-corrected chi connectivity index (χ2v) is 8.50. The summed E-state index contributed by atoms with van der Waals surface area (Å²) in [5.74, 6) is -0.572. The van der Waals surface area contributed by atoms with Gasteiger partial charge in [-0.1, -0.05) is 86.8 Å². The number of imide groups is 1. The molecule has 1 fully saturated rings. The minimum Gasteiger partial charge on any atom is -0.337 e. The van der Waals surface area contributed by atoms with Crippen LogP contribution < -0.4 is 5.32 Å². The Morgan fingerprint density at radius 2 is 1.69 bits per heavy atom. The molecule has 1 atom stereocenters. The lowest BCUT2D eigenvalue weighted by molar-refractivity contribution is -0.139. The van der Waals surface area contributed by atoms with Crippen LogP contribution in [0, 0.1) is 6.92 Å². The lowest BCUT2D eigenvalue weighted by atomic mass is 9.85. The predicted molar refractivity (Wildman–Crippen MR) is 125 cm³/mol. The molecule has 1 N–H and O–H groups in total. The number of rotatable bonds is 10. The van der Waals surface area contributed by atoms with E-state index in [9.17, 15) is 14.4 Å². The maximum Gasteiger partial charge on any atom is 0.325 e. The van der Waals surface area contributed by atoms with Crippen molar-refractivity contribution in [3.8, 4) is 0 Å². The summed E-state index contributed by atoms with van der Waals surface area (Å²) in [5, 5.41) is 2.92. The van der Waals surface area contributed by atoms with Gasteiger partial charge in [0.2, 0.25) is 5.91 Å². The standard InChI is InChI=1S/C26H33N3O3/c1-4-6-16-26(22-10-8-7-9-11-22)24(31)29(25(32)27-26)19-23(30)28(17-5-2)18-21-14-12-20(3)13-15-21/h7-15H,4-6,16-19H2,1-3H3,(H,27,32). The summed E-state index contributed by atoms with van der Waals surface area (Å²) >= 11 is 0. The van der Waals surface area contributed by atoms with Gasteiger partial charge in [0.15, 0.2) is 0 Å². The van der Waals surface area contributed by atoms with Crippen molar-refractivity contribution in [2.24, 2.45) is 0 Å². The van der Waals surface area contributed by atoms with Gasteiger partial charge in [-0.3, -0.25) is 14.5 Å². The highest BCUT2D eigenvalue weighted by Crippen LogP contribution is 2.34. The van der Waals surface area contributed by atoms with E-state index in [0.717, 1.165) is 40.9 Å². The number of urea groups is 1. The van der Waals surface area contributed by atoms with Gasteiger partial charge in [0.25, 0.3) is 5.91 Å². The van der Waals surface area contributed by atoms with Gasteiger partial charge in [-0.05, 0) is 30.9 Å². The fourth-order valence-corrected chi connectivity index (χ4v) is 4.15. The topological polar surface area (TPSA) is 69.7 Å². The van der Waals surface area contributed by atoms with Crippen molar-refractivity contribution in [1.29, 1.82) is 0 Å². The number of nitrogens with zero attached hydrogens (tertiary/aromatic N) is 2. The second kappa shape index (κ2) is 10.4. The zero-order valence-corrected chi connectivity index (χ0v) is 19.3. The SMILES string of the molecule is CCCCC1(c2ccccc2)NC(=O)N(CC(=O)N(CCC)Cc2ccc(C)cc2)C1=O. The molecule has 0 bridgehead atoms. The van der Waals surface area contributed by atoms with Gasteiger partial charge in [-0.2, -0.15) is 0 Å². The highest BCUT2D eigenvalue weighted by Gasteiger charge is 2.52. The molecular formula is C26H33N3O3. The maximum absolute atomic E-state index is 13.5. The van der Waals surface area contributed by atoms with Gasteiger partial charge in [0.1, 0.15) is 12.1 Å². The quantitative estimate of drug-likeness (QED) is 0.564. The van der Waals surface area contributed by atoms with E-state index >= 15 is 0 Å². The van der Waals surface area contributed by atoms with Gasteiger partial charge in [-0.15, -0.1) is 0 Å². The molecule has 1 aliphatic heterocycles. The van der Waals surface area contributed by atoms with Gasteiger partial charge < -0.3 is 10.2 Å². The summed E-state index contributed by atoms with van der Waals surface area (Å²) < 4.78 is 0. The molecule has 0 saturated carbocycles. The lowest BCUT2D eigenvalue weighted by Crippen LogP contribution is -2.46. The fraction of sp³-hybridized carbons (Fsp3) is 0.423. The van der Waals surface area contributed by atoms with Crippen molar-refractivity contribution >= 4 is 17.8 Å². The van der Waals surface area contributed by atoms with Crippen molar-refractivity contribution in [2.75, 3.05) is 13.1 Å². The molecule has 1 heterocycles. The summed E-state index contributed by atoms with van der Waals surface area (Å²) in [7, 11) is 0. The van der Waals surface area contributed by atoms with Gasteiger partial charge >= 0.3 is 6.03 Å². The number of amides is 4. The van der Waals surface area contributed by atoms with E-state index in [0.29, 0.717) is 19.5 Å². The number of carbonyl (C=O) groups is 3. The normalized spacial score (nSPS) is 18.0. The number of benzene rings is 2. The summed E-state index contributed by atoms with van der Waals surface area (Å²) in [6.07, 6.45) is 2.99. The molecule has 0 radical (unpaired) electrons. The highest BCUT2D eigenvalue weighted by atomic mass is 16.2. The minimum atomic E-state index is -1.11. The number of nitrogens with one attached hydrogen (secondary N) is 1. The van der Waals surface area contributed by atoms with Crippen LogP contribution in [0.3, 0.4) is 0 Å². The molecule has 1 saturated heterocycles. The molecule has 0 aliphatic carbocycles. The Balaban J connectivity index is 1.80. The van der Waals surface area contributed by atoms with Crippen LogP contribution in [0.1, 0.15) is 56.2 Å². The van der Waals surface area contributed by atoms with E-state index in [1.54, 1.807) is 4.90 Å².